The van der Waals surface area contributed by atoms with Crippen molar-refractivity contribution in [3.05, 3.63) is 64.2 Å². The average Bonchev–Trinajstić information content (AvgIpc) is 3.37. The maximum Gasteiger partial charge on any atom is 0.338 e. The molecular weight excluding hydrogens is 362 g/mol. The first-order chi connectivity index (χ1) is 11.9. The van der Waals surface area contributed by atoms with Crippen LogP contribution in [0, 0.1) is 6.92 Å². The predicted molar refractivity (Wildman–Crippen MR) is 95.1 cm³/mol. The van der Waals surface area contributed by atoms with Crippen molar-refractivity contribution in [1.29, 1.82) is 0 Å². The van der Waals surface area contributed by atoms with Gasteiger partial charge in [0.1, 0.15) is 6.61 Å². The first-order valence-corrected chi connectivity index (χ1v) is 9.76. The van der Waals surface area contributed by atoms with Crippen molar-refractivity contribution in [3.63, 3.8) is 0 Å². The van der Waals surface area contributed by atoms with Crippen molar-refractivity contribution < 1.29 is 17.9 Å². The SMILES string of the molecule is Cc1ccc(S(=O)(=O)NC2CC2)cc1C(=O)OCc1ccccc1Cl. The van der Waals surface area contributed by atoms with Crippen LogP contribution in [0.15, 0.2) is 47.4 Å². The molecule has 132 valence electrons. The summed E-state index contributed by atoms with van der Waals surface area (Å²) < 4.78 is 32.5. The Bertz CT molecular complexity index is 907. The minimum Gasteiger partial charge on any atom is -0.457 e. The Labute approximate surface area is 152 Å². The third-order valence-corrected chi connectivity index (χ3v) is 5.84. The van der Waals surface area contributed by atoms with E-state index >= 15 is 0 Å². The Morgan fingerprint density at radius 1 is 1.24 bits per heavy atom. The van der Waals surface area contributed by atoms with Crippen LogP contribution in [0.1, 0.15) is 34.3 Å². The monoisotopic (exact) mass is 379 g/mol. The molecule has 7 heteroatoms. The van der Waals surface area contributed by atoms with Crippen LogP contribution in [0.3, 0.4) is 0 Å². The van der Waals surface area contributed by atoms with Gasteiger partial charge in [0, 0.05) is 16.6 Å². The lowest BCUT2D eigenvalue weighted by molar-refractivity contribution is 0.0471. The van der Waals surface area contributed by atoms with Crippen LogP contribution in [-0.2, 0) is 21.4 Å². The molecule has 0 heterocycles. The fourth-order valence-corrected chi connectivity index (χ4v) is 3.83. The lowest BCUT2D eigenvalue weighted by Gasteiger charge is -2.11. The molecule has 1 N–H and O–H groups in total. The van der Waals surface area contributed by atoms with Crippen LogP contribution in [0.4, 0.5) is 0 Å². The molecule has 3 rings (SSSR count). The molecule has 25 heavy (non-hydrogen) atoms. The van der Waals surface area contributed by atoms with Crippen LogP contribution in [0.25, 0.3) is 0 Å². The highest BCUT2D eigenvalue weighted by molar-refractivity contribution is 7.89. The predicted octanol–water partition coefficient (Wildman–Crippen LogP) is 3.45. The van der Waals surface area contributed by atoms with Gasteiger partial charge in [-0.25, -0.2) is 17.9 Å². The zero-order chi connectivity index (χ0) is 18.0. The number of hydrogen-bond donors (Lipinski definition) is 1. The molecule has 5 nitrogen and oxygen atoms in total. The Morgan fingerprint density at radius 2 is 1.96 bits per heavy atom. The molecule has 1 fully saturated rings. The highest BCUT2D eigenvalue weighted by Gasteiger charge is 2.28. The van der Waals surface area contributed by atoms with Gasteiger partial charge >= 0.3 is 5.97 Å². The molecule has 0 spiro atoms. The second kappa shape index (κ2) is 7.15. The molecule has 0 radical (unpaired) electrons. The molecule has 2 aromatic carbocycles. The second-order valence-electron chi connectivity index (χ2n) is 6.04. The lowest BCUT2D eigenvalue weighted by atomic mass is 10.1. The third-order valence-electron chi connectivity index (χ3n) is 3.96. The minimum atomic E-state index is -3.62. The number of carbonyl (C=O) groups is 1. The standard InChI is InChI=1S/C18H18ClNO4S/c1-12-6-9-15(25(22,23)20-14-7-8-14)10-16(12)18(21)24-11-13-4-2-3-5-17(13)19/h2-6,9-10,14,20H,7-8,11H2,1H3. The van der Waals surface area contributed by atoms with E-state index in [-0.39, 0.29) is 23.1 Å². The lowest BCUT2D eigenvalue weighted by Crippen LogP contribution is -2.26. The maximum atomic E-state index is 12.4. The Kier molecular flexibility index (Phi) is 5.13. The first kappa shape index (κ1) is 17.9. The molecule has 2 aromatic rings. The van der Waals surface area contributed by atoms with Crippen LogP contribution < -0.4 is 4.72 Å². The zero-order valence-corrected chi connectivity index (χ0v) is 15.2. The number of nitrogens with one attached hydrogen (secondary N) is 1. The number of halogens is 1. The maximum absolute atomic E-state index is 12.4. The summed E-state index contributed by atoms with van der Waals surface area (Å²) in [7, 11) is -3.62. The van der Waals surface area contributed by atoms with Gasteiger partial charge in [-0.2, -0.15) is 0 Å². The number of rotatable bonds is 6. The summed E-state index contributed by atoms with van der Waals surface area (Å²) in [5, 5.41) is 0.511. The Hall–Kier alpha value is -1.89. The topological polar surface area (TPSA) is 72.5 Å². The number of esters is 1. The molecule has 0 unspecified atom stereocenters. The molecule has 0 amide bonds. The molecule has 1 saturated carbocycles. The van der Waals surface area contributed by atoms with Gasteiger partial charge in [-0.05, 0) is 43.5 Å². The highest BCUT2D eigenvalue weighted by Crippen LogP contribution is 2.24. The van der Waals surface area contributed by atoms with Gasteiger partial charge in [0.05, 0.1) is 10.5 Å². The number of aryl methyl sites for hydroxylation is 1. The van der Waals surface area contributed by atoms with Gasteiger partial charge in [0.2, 0.25) is 10.0 Å². The fraction of sp³-hybridized carbons (Fsp3) is 0.278. The summed E-state index contributed by atoms with van der Waals surface area (Å²) in [6, 6.07) is 11.5. The summed E-state index contributed by atoms with van der Waals surface area (Å²) in [5.74, 6) is -0.583. The second-order valence-corrected chi connectivity index (χ2v) is 8.16. The summed E-state index contributed by atoms with van der Waals surface area (Å²) in [5.41, 5.74) is 1.56. The summed E-state index contributed by atoms with van der Waals surface area (Å²) >= 11 is 6.05. The van der Waals surface area contributed by atoms with Crippen LogP contribution in [0.2, 0.25) is 5.02 Å². The highest BCUT2D eigenvalue weighted by atomic mass is 35.5. The van der Waals surface area contributed by atoms with E-state index in [1.165, 1.54) is 12.1 Å². The molecule has 0 bridgehead atoms. The van der Waals surface area contributed by atoms with Crippen LogP contribution in [-0.4, -0.2) is 20.4 Å². The zero-order valence-electron chi connectivity index (χ0n) is 13.7. The molecule has 0 saturated heterocycles. The van der Waals surface area contributed by atoms with E-state index in [0.717, 1.165) is 12.8 Å². The van der Waals surface area contributed by atoms with E-state index in [2.05, 4.69) is 4.72 Å². The van der Waals surface area contributed by atoms with E-state index in [9.17, 15) is 13.2 Å². The largest absolute Gasteiger partial charge is 0.457 e. The van der Waals surface area contributed by atoms with Gasteiger partial charge < -0.3 is 4.74 Å². The fourth-order valence-electron chi connectivity index (χ4n) is 2.31. The normalized spacial score (nSPS) is 14.3. The van der Waals surface area contributed by atoms with Crippen molar-refractivity contribution in [2.24, 2.45) is 0 Å². The van der Waals surface area contributed by atoms with Crippen molar-refractivity contribution in [2.45, 2.75) is 37.3 Å². The smallest absolute Gasteiger partial charge is 0.338 e. The first-order valence-electron chi connectivity index (χ1n) is 7.90. The molecule has 1 aliphatic rings. The molecule has 0 aliphatic heterocycles. The van der Waals surface area contributed by atoms with Crippen molar-refractivity contribution >= 4 is 27.6 Å². The van der Waals surface area contributed by atoms with Crippen molar-refractivity contribution in [2.75, 3.05) is 0 Å². The number of ether oxygens (including phenoxy) is 1. The van der Waals surface area contributed by atoms with Crippen LogP contribution in [0.5, 0.6) is 0 Å². The Morgan fingerprint density at radius 3 is 2.64 bits per heavy atom. The number of benzene rings is 2. The van der Waals surface area contributed by atoms with Gasteiger partial charge in [0.25, 0.3) is 0 Å². The summed E-state index contributed by atoms with van der Waals surface area (Å²) in [4.78, 5) is 12.4. The minimum absolute atomic E-state index is 0.00178. The average molecular weight is 380 g/mol. The summed E-state index contributed by atoms with van der Waals surface area (Å²) in [6.45, 7) is 1.76. The van der Waals surface area contributed by atoms with E-state index in [1.54, 1.807) is 37.3 Å². The number of sulfonamides is 1. The van der Waals surface area contributed by atoms with Gasteiger partial charge in [-0.15, -0.1) is 0 Å². The van der Waals surface area contributed by atoms with E-state index in [4.69, 9.17) is 16.3 Å². The Balaban J connectivity index is 1.77. The van der Waals surface area contributed by atoms with Gasteiger partial charge in [-0.1, -0.05) is 35.9 Å². The molecule has 1 aliphatic carbocycles. The molecule has 0 atom stereocenters. The summed E-state index contributed by atoms with van der Waals surface area (Å²) in [6.07, 6.45) is 1.69. The van der Waals surface area contributed by atoms with Crippen molar-refractivity contribution in [3.8, 4) is 0 Å². The molecule has 0 aromatic heterocycles. The third kappa shape index (κ3) is 4.39. The van der Waals surface area contributed by atoms with Gasteiger partial charge in [0.15, 0.2) is 0 Å². The number of hydrogen-bond acceptors (Lipinski definition) is 4. The van der Waals surface area contributed by atoms with E-state index < -0.39 is 16.0 Å². The van der Waals surface area contributed by atoms with Crippen molar-refractivity contribution in [1.82, 2.24) is 4.72 Å². The van der Waals surface area contributed by atoms with E-state index in [1.807, 2.05) is 0 Å². The number of carbonyl (C=O) groups excluding carboxylic acids is 1. The van der Waals surface area contributed by atoms with Crippen LogP contribution >= 0.6 is 11.6 Å². The molecular formula is C18H18ClNO4S. The van der Waals surface area contributed by atoms with E-state index in [0.29, 0.717) is 16.1 Å². The van der Waals surface area contributed by atoms with Gasteiger partial charge in [-0.3, -0.25) is 0 Å². The quantitative estimate of drug-likeness (QED) is 0.780.